The van der Waals surface area contributed by atoms with Gasteiger partial charge in [-0.25, -0.2) is 0 Å². The van der Waals surface area contributed by atoms with E-state index in [1.54, 1.807) is 12.8 Å². The first-order chi connectivity index (χ1) is 8.22. The Balaban J connectivity index is 1.65. The van der Waals surface area contributed by atoms with Crippen LogP contribution in [0.15, 0.2) is 0 Å². The molecule has 3 aliphatic rings. The number of hydrogen-bond donors (Lipinski definition) is 1. The molecular weight excluding hydrogens is 206 g/mol. The zero-order valence-electron chi connectivity index (χ0n) is 11.7. The van der Waals surface area contributed by atoms with Gasteiger partial charge in [-0.1, -0.05) is 26.7 Å². The van der Waals surface area contributed by atoms with E-state index in [1.165, 1.54) is 45.1 Å². The minimum atomic E-state index is 0.695. The molecule has 0 aromatic heterocycles. The smallest absolute Gasteiger partial charge is 0.00684 e. The summed E-state index contributed by atoms with van der Waals surface area (Å²) in [5.74, 6) is 3.08. The minimum Gasteiger partial charge on any atom is -0.313 e. The van der Waals surface area contributed by atoms with Crippen LogP contribution in [0, 0.1) is 23.2 Å². The second-order valence-corrected chi connectivity index (χ2v) is 7.32. The van der Waals surface area contributed by atoms with Gasteiger partial charge in [-0.05, 0) is 61.7 Å². The van der Waals surface area contributed by atoms with Gasteiger partial charge in [-0.15, -0.1) is 0 Å². The fraction of sp³-hybridized carbons (Fsp3) is 1.00. The van der Waals surface area contributed by atoms with Crippen LogP contribution in [-0.4, -0.2) is 12.6 Å². The van der Waals surface area contributed by atoms with E-state index in [9.17, 15) is 0 Å². The maximum atomic E-state index is 3.85. The van der Waals surface area contributed by atoms with E-state index in [0.717, 1.165) is 23.8 Å². The Labute approximate surface area is 107 Å². The molecule has 0 aromatic carbocycles. The van der Waals surface area contributed by atoms with E-state index in [0.29, 0.717) is 5.41 Å². The van der Waals surface area contributed by atoms with Crippen LogP contribution in [0.25, 0.3) is 0 Å². The van der Waals surface area contributed by atoms with E-state index in [1.807, 2.05) is 0 Å². The Hall–Kier alpha value is -0.0400. The predicted octanol–water partition coefficient (Wildman–Crippen LogP) is 3.98. The lowest BCUT2D eigenvalue weighted by Gasteiger charge is -2.40. The van der Waals surface area contributed by atoms with E-state index >= 15 is 0 Å². The van der Waals surface area contributed by atoms with Gasteiger partial charge in [-0.2, -0.15) is 0 Å². The lowest BCUT2D eigenvalue weighted by Crippen LogP contribution is -2.40. The molecule has 0 aliphatic heterocycles. The molecule has 4 unspecified atom stereocenters. The van der Waals surface area contributed by atoms with Gasteiger partial charge in [0.25, 0.3) is 0 Å². The molecule has 3 saturated carbocycles. The summed E-state index contributed by atoms with van der Waals surface area (Å²) in [6.07, 6.45) is 11.9. The summed E-state index contributed by atoms with van der Waals surface area (Å²) in [5.41, 5.74) is 0.695. The standard InChI is InChI=1S/C16H29N/c1-3-12(2)9-16(11-17-15-6-7-15)10-13-4-5-14(16)8-13/h12-15,17H,3-11H2,1-2H3. The van der Waals surface area contributed by atoms with Crippen molar-refractivity contribution in [3.05, 3.63) is 0 Å². The SMILES string of the molecule is CCC(C)CC1(CNC2CC2)CC2CCC1C2. The van der Waals surface area contributed by atoms with Gasteiger partial charge in [0, 0.05) is 12.6 Å². The summed E-state index contributed by atoms with van der Waals surface area (Å²) in [7, 11) is 0. The normalized spacial score (nSPS) is 42.0. The monoisotopic (exact) mass is 235 g/mol. The largest absolute Gasteiger partial charge is 0.313 e. The molecule has 1 nitrogen and oxygen atoms in total. The third-order valence-corrected chi connectivity index (χ3v) is 5.87. The van der Waals surface area contributed by atoms with Crippen molar-refractivity contribution in [1.29, 1.82) is 0 Å². The maximum absolute atomic E-state index is 3.85. The van der Waals surface area contributed by atoms with Gasteiger partial charge in [0.15, 0.2) is 0 Å². The molecule has 1 N–H and O–H groups in total. The lowest BCUT2D eigenvalue weighted by atomic mass is 9.68. The Kier molecular flexibility index (Phi) is 3.23. The van der Waals surface area contributed by atoms with Crippen LogP contribution in [0.1, 0.15) is 65.2 Å². The summed E-state index contributed by atoms with van der Waals surface area (Å²) in [6, 6.07) is 0.892. The number of hydrogen-bond acceptors (Lipinski definition) is 1. The first-order valence-corrected chi connectivity index (χ1v) is 7.95. The van der Waals surface area contributed by atoms with Crippen molar-refractivity contribution in [2.45, 2.75) is 71.3 Å². The van der Waals surface area contributed by atoms with Gasteiger partial charge in [0.05, 0.1) is 0 Å². The van der Waals surface area contributed by atoms with Crippen LogP contribution in [0.2, 0.25) is 0 Å². The van der Waals surface area contributed by atoms with Gasteiger partial charge in [-0.3, -0.25) is 0 Å². The van der Waals surface area contributed by atoms with Crippen molar-refractivity contribution in [2.24, 2.45) is 23.2 Å². The maximum Gasteiger partial charge on any atom is 0.00684 e. The van der Waals surface area contributed by atoms with E-state index in [2.05, 4.69) is 19.2 Å². The van der Waals surface area contributed by atoms with Crippen LogP contribution < -0.4 is 5.32 Å². The molecule has 3 aliphatic carbocycles. The van der Waals surface area contributed by atoms with Crippen molar-refractivity contribution in [2.75, 3.05) is 6.54 Å². The summed E-state index contributed by atoms with van der Waals surface area (Å²) < 4.78 is 0. The van der Waals surface area contributed by atoms with Crippen LogP contribution >= 0.6 is 0 Å². The zero-order valence-corrected chi connectivity index (χ0v) is 11.7. The van der Waals surface area contributed by atoms with Crippen molar-refractivity contribution in [3.8, 4) is 0 Å². The molecular formula is C16H29N. The van der Waals surface area contributed by atoms with E-state index in [-0.39, 0.29) is 0 Å². The van der Waals surface area contributed by atoms with Crippen molar-refractivity contribution < 1.29 is 0 Å². The minimum absolute atomic E-state index is 0.695. The average molecular weight is 235 g/mol. The summed E-state index contributed by atoms with van der Waals surface area (Å²) in [5, 5.41) is 3.85. The van der Waals surface area contributed by atoms with Crippen molar-refractivity contribution in [1.82, 2.24) is 5.32 Å². The Morgan fingerprint density at radius 2 is 2.06 bits per heavy atom. The van der Waals surface area contributed by atoms with Gasteiger partial charge >= 0.3 is 0 Å². The molecule has 0 amide bonds. The van der Waals surface area contributed by atoms with Gasteiger partial charge in [0.1, 0.15) is 0 Å². The van der Waals surface area contributed by atoms with E-state index in [4.69, 9.17) is 0 Å². The Morgan fingerprint density at radius 3 is 2.59 bits per heavy atom. The van der Waals surface area contributed by atoms with E-state index < -0.39 is 0 Å². The molecule has 0 spiro atoms. The topological polar surface area (TPSA) is 12.0 Å². The third kappa shape index (κ3) is 2.41. The summed E-state index contributed by atoms with van der Waals surface area (Å²) >= 11 is 0. The quantitative estimate of drug-likeness (QED) is 0.734. The molecule has 17 heavy (non-hydrogen) atoms. The number of nitrogens with one attached hydrogen (secondary N) is 1. The van der Waals surface area contributed by atoms with Crippen molar-refractivity contribution >= 4 is 0 Å². The second kappa shape index (κ2) is 4.57. The molecule has 98 valence electrons. The fourth-order valence-corrected chi connectivity index (χ4v) is 4.57. The molecule has 3 fully saturated rings. The molecule has 3 rings (SSSR count). The van der Waals surface area contributed by atoms with Gasteiger partial charge in [0.2, 0.25) is 0 Å². The first-order valence-electron chi connectivity index (χ1n) is 7.95. The molecule has 0 radical (unpaired) electrons. The lowest BCUT2D eigenvalue weighted by molar-refractivity contribution is 0.118. The Bertz CT molecular complexity index is 271. The number of rotatable bonds is 6. The second-order valence-electron chi connectivity index (χ2n) is 7.32. The molecule has 0 aromatic rings. The predicted molar refractivity (Wildman–Crippen MR) is 73.0 cm³/mol. The highest BCUT2D eigenvalue weighted by molar-refractivity contribution is 5.02. The third-order valence-electron chi connectivity index (χ3n) is 5.87. The first kappa shape index (κ1) is 12.0. The molecule has 2 bridgehead atoms. The summed E-state index contributed by atoms with van der Waals surface area (Å²) in [4.78, 5) is 0. The van der Waals surface area contributed by atoms with Crippen LogP contribution in [0.3, 0.4) is 0 Å². The van der Waals surface area contributed by atoms with Crippen LogP contribution in [-0.2, 0) is 0 Å². The molecule has 0 heterocycles. The fourth-order valence-electron chi connectivity index (χ4n) is 4.57. The van der Waals surface area contributed by atoms with Gasteiger partial charge < -0.3 is 5.32 Å². The van der Waals surface area contributed by atoms with Crippen molar-refractivity contribution in [3.63, 3.8) is 0 Å². The summed E-state index contributed by atoms with van der Waals surface area (Å²) in [6.45, 7) is 6.16. The highest BCUT2D eigenvalue weighted by atomic mass is 15.0. The highest BCUT2D eigenvalue weighted by Gasteiger charge is 2.50. The molecule has 0 saturated heterocycles. The Morgan fingerprint density at radius 1 is 1.24 bits per heavy atom. The van der Waals surface area contributed by atoms with Crippen LogP contribution in [0.4, 0.5) is 0 Å². The average Bonchev–Trinajstić information content (AvgIpc) is 2.96. The number of fused-ring (bicyclic) bond motifs is 2. The molecule has 4 atom stereocenters. The zero-order chi connectivity index (χ0) is 11.9. The molecule has 1 heteroatoms. The van der Waals surface area contributed by atoms with Crippen LogP contribution in [0.5, 0.6) is 0 Å². The highest BCUT2D eigenvalue weighted by Crippen LogP contribution is 2.58.